The quantitative estimate of drug-likeness (QED) is 0.793. The Bertz CT molecular complexity index is 460. The number of fused-ring (bicyclic) bond motifs is 1. The summed E-state index contributed by atoms with van der Waals surface area (Å²) in [5.41, 5.74) is 1.03. The summed E-state index contributed by atoms with van der Waals surface area (Å²) in [6.07, 6.45) is 5.07. The minimum atomic E-state index is 0.290. The average Bonchev–Trinajstić information content (AvgIpc) is 2.89. The van der Waals surface area contributed by atoms with Gasteiger partial charge in [-0.25, -0.2) is 4.52 Å². The minimum absolute atomic E-state index is 0.290. The van der Waals surface area contributed by atoms with E-state index in [0.717, 1.165) is 30.8 Å². The van der Waals surface area contributed by atoms with E-state index in [0.29, 0.717) is 6.10 Å². The van der Waals surface area contributed by atoms with Gasteiger partial charge in [0.05, 0.1) is 6.20 Å². The Kier molecular flexibility index (Phi) is 2.07. The number of aromatic nitrogens is 2. The molecule has 1 unspecified atom stereocenters. The molecule has 2 aromatic heterocycles. The van der Waals surface area contributed by atoms with Crippen molar-refractivity contribution in [3.8, 4) is 5.75 Å². The molecule has 2 aromatic rings. The lowest BCUT2D eigenvalue weighted by Crippen LogP contribution is -2.19. The normalized spacial score (nSPS) is 20.9. The van der Waals surface area contributed by atoms with Gasteiger partial charge in [0, 0.05) is 12.7 Å². The van der Waals surface area contributed by atoms with Gasteiger partial charge in [-0.3, -0.25) is 0 Å². The molecule has 4 heteroatoms. The van der Waals surface area contributed by atoms with E-state index in [4.69, 9.17) is 4.74 Å². The summed E-state index contributed by atoms with van der Waals surface area (Å²) in [5.74, 6) is 0.879. The van der Waals surface area contributed by atoms with Crippen LogP contribution in [0.5, 0.6) is 5.75 Å². The summed E-state index contributed by atoms with van der Waals surface area (Å²) in [6, 6.07) is 5.97. The van der Waals surface area contributed by atoms with Crippen molar-refractivity contribution in [2.24, 2.45) is 0 Å². The molecule has 1 N–H and O–H groups in total. The topological polar surface area (TPSA) is 38.6 Å². The lowest BCUT2D eigenvalue weighted by atomic mass is 10.3. The number of nitrogens with one attached hydrogen (secondary N) is 1. The third-order valence-corrected chi connectivity index (χ3v) is 2.70. The summed E-state index contributed by atoms with van der Waals surface area (Å²) in [4.78, 5) is 0. The van der Waals surface area contributed by atoms with Crippen molar-refractivity contribution in [3.63, 3.8) is 0 Å². The lowest BCUT2D eigenvalue weighted by Gasteiger charge is -2.10. The molecule has 1 fully saturated rings. The van der Waals surface area contributed by atoms with Crippen LogP contribution in [-0.2, 0) is 0 Å². The molecule has 0 bridgehead atoms. The van der Waals surface area contributed by atoms with Crippen molar-refractivity contribution in [1.82, 2.24) is 14.9 Å². The maximum absolute atomic E-state index is 5.88. The van der Waals surface area contributed by atoms with Crippen molar-refractivity contribution in [1.29, 1.82) is 0 Å². The fourth-order valence-electron chi connectivity index (χ4n) is 1.91. The van der Waals surface area contributed by atoms with Gasteiger partial charge >= 0.3 is 0 Å². The van der Waals surface area contributed by atoms with Crippen LogP contribution >= 0.6 is 0 Å². The van der Waals surface area contributed by atoms with Gasteiger partial charge in [0.1, 0.15) is 11.6 Å². The summed E-state index contributed by atoms with van der Waals surface area (Å²) >= 11 is 0. The number of hydrogen-bond acceptors (Lipinski definition) is 3. The fraction of sp³-hybridized carbons (Fsp3) is 0.364. The third kappa shape index (κ3) is 1.57. The zero-order chi connectivity index (χ0) is 10.1. The average molecular weight is 203 g/mol. The molecule has 0 saturated carbocycles. The Morgan fingerprint density at radius 2 is 2.47 bits per heavy atom. The van der Waals surface area contributed by atoms with Gasteiger partial charge in [-0.05, 0) is 25.1 Å². The molecular formula is C11H13N3O. The van der Waals surface area contributed by atoms with Crippen molar-refractivity contribution >= 4 is 5.52 Å². The molecule has 1 aliphatic rings. The van der Waals surface area contributed by atoms with Crippen LogP contribution in [0.1, 0.15) is 6.42 Å². The first-order chi connectivity index (χ1) is 7.43. The monoisotopic (exact) mass is 203 g/mol. The van der Waals surface area contributed by atoms with E-state index < -0.39 is 0 Å². The summed E-state index contributed by atoms with van der Waals surface area (Å²) < 4.78 is 7.71. The van der Waals surface area contributed by atoms with E-state index >= 15 is 0 Å². The Hall–Kier alpha value is -1.55. The predicted molar refractivity (Wildman–Crippen MR) is 57.1 cm³/mol. The van der Waals surface area contributed by atoms with E-state index in [1.165, 1.54) is 0 Å². The largest absolute Gasteiger partial charge is 0.485 e. The van der Waals surface area contributed by atoms with Gasteiger partial charge in [-0.1, -0.05) is 6.07 Å². The third-order valence-electron chi connectivity index (χ3n) is 2.70. The van der Waals surface area contributed by atoms with Crippen molar-refractivity contribution in [3.05, 3.63) is 30.6 Å². The van der Waals surface area contributed by atoms with Crippen LogP contribution in [0.15, 0.2) is 30.6 Å². The summed E-state index contributed by atoms with van der Waals surface area (Å²) in [5, 5.41) is 7.51. The molecular weight excluding hydrogens is 190 g/mol. The predicted octanol–water partition coefficient (Wildman–Crippen LogP) is 1.07. The van der Waals surface area contributed by atoms with E-state index in [1.807, 2.05) is 28.9 Å². The first-order valence-electron chi connectivity index (χ1n) is 5.23. The highest BCUT2D eigenvalue weighted by Crippen LogP contribution is 2.21. The molecule has 4 nitrogen and oxygen atoms in total. The number of nitrogens with zero attached hydrogens (tertiary/aromatic N) is 2. The molecule has 1 saturated heterocycles. The molecule has 0 aromatic carbocycles. The maximum atomic E-state index is 5.88. The highest BCUT2D eigenvalue weighted by molar-refractivity contribution is 5.58. The van der Waals surface area contributed by atoms with Crippen LogP contribution < -0.4 is 10.1 Å². The molecule has 1 atom stereocenters. The minimum Gasteiger partial charge on any atom is -0.485 e. The second kappa shape index (κ2) is 3.55. The van der Waals surface area contributed by atoms with Crippen LogP contribution in [0.25, 0.3) is 5.52 Å². The lowest BCUT2D eigenvalue weighted by molar-refractivity contribution is 0.226. The highest BCUT2D eigenvalue weighted by atomic mass is 16.5. The van der Waals surface area contributed by atoms with Crippen LogP contribution in [0.2, 0.25) is 0 Å². The standard InChI is InChI=1S/C11H13N3O/c1-2-6-14-10(3-1)11(8-13-14)15-9-4-5-12-7-9/h1-3,6,8-9,12H,4-5,7H2. The number of pyridine rings is 1. The van der Waals surface area contributed by atoms with Gasteiger partial charge < -0.3 is 10.1 Å². The first-order valence-corrected chi connectivity index (χ1v) is 5.23. The van der Waals surface area contributed by atoms with Crippen LogP contribution in [0.4, 0.5) is 0 Å². The number of rotatable bonds is 2. The second-order valence-corrected chi connectivity index (χ2v) is 3.77. The molecule has 1 aliphatic heterocycles. The summed E-state index contributed by atoms with van der Waals surface area (Å²) in [6.45, 7) is 1.98. The molecule has 3 heterocycles. The Morgan fingerprint density at radius 1 is 1.47 bits per heavy atom. The molecule has 0 spiro atoms. The van der Waals surface area contributed by atoms with Crippen molar-refractivity contribution in [2.75, 3.05) is 13.1 Å². The zero-order valence-corrected chi connectivity index (χ0v) is 8.39. The molecule has 78 valence electrons. The zero-order valence-electron chi connectivity index (χ0n) is 8.39. The van der Waals surface area contributed by atoms with Gasteiger partial charge in [0.2, 0.25) is 0 Å². The number of ether oxygens (including phenoxy) is 1. The van der Waals surface area contributed by atoms with Gasteiger partial charge in [0.15, 0.2) is 5.75 Å². The molecule has 0 aliphatic carbocycles. The van der Waals surface area contributed by atoms with Crippen LogP contribution in [0.3, 0.4) is 0 Å². The van der Waals surface area contributed by atoms with Gasteiger partial charge in [-0.2, -0.15) is 5.10 Å². The van der Waals surface area contributed by atoms with Gasteiger partial charge in [0.25, 0.3) is 0 Å². The SMILES string of the molecule is c1ccn2ncc(OC3CCNC3)c2c1. The summed E-state index contributed by atoms with van der Waals surface area (Å²) in [7, 11) is 0. The van der Waals surface area contributed by atoms with E-state index in [9.17, 15) is 0 Å². The van der Waals surface area contributed by atoms with E-state index in [2.05, 4.69) is 10.4 Å². The molecule has 0 amide bonds. The van der Waals surface area contributed by atoms with Crippen LogP contribution in [-0.4, -0.2) is 28.8 Å². The van der Waals surface area contributed by atoms with Crippen LogP contribution in [0, 0.1) is 0 Å². The first kappa shape index (κ1) is 8.73. The Labute approximate surface area is 87.9 Å². The molecule has 3 rings (SSSR count). The fourth-order valence-corrected chi connectivity index (χ4v) is 1.91. The van der Waals surface area contributed by atoms with E-state index in [1.54, 1.807) is 6.20 Å². The smallest absolute Gasteiger partial charge is 0.165 e. The molecule has 15 heavy (non-hydrogen) atoms. The van der Waals surface area contributed by atoms with E-state index in [-0.39, 0.29) is 0 Å². The maximum Gasteiger partial charge on any atom is 0.165 e. The Morgan fingerprint density at radius 3 is 3.33 bits per heavy atom. The van der Waals surface area contributed by atoms with Crippen molar-refractivity contribution in [2.45, 2.75) is 12.5 Å². The van der Waals surface area contributed by atoms with Gasteiger partial charge in [-0.15, -0.1) is 0 Å². The molecule has 0 radical (unpaired) electrons. The second-order valence-electron chi connectivity index (χ2n) is 3.77. The Balaban J connectivity index is 1.90. The van der Waals surface area contributed by atoms with Crippen molar-refractivity contribution < 1.29 is 4.74 Å². The number of hydrogen-bond donors (Lipinski definition) is 1. The highest BCUT2D eigenvalue weighted by Gasteiger charge is 2.17.